The minimum Gasteiger partial charge on any atom is -0.378 e. The summed E-state index contributed by atoms with van der Waals surface area (Å²) in [4.78, 5) is 0. The van der Waals surface area contributed by atoms with Crippen molar-refractivity contribution in [2.75, 3.05) is 6.61 Å². The topological polar surface area (TPSA) is 35.2 Å². The van der Waals surface area contributed by atoms with Gasteiger partial charge in [-0.1, -0.05) is 32.1 Å². The highest BCUT2D eigenvalue weighted by molar-refractivity contribution is 4.83. The molecule has 1 unspecified atom stereocenters. The van der Waals surface area contributed by atoms with Crippen LogP contribution < -0.4 is 5.73 Å². The lowest BCUT2D eigenvalue weighted by atomic mass is 9.77. The Labute approximate surface area is 113 Å². The van der Waals surface area contributed by atoms with E-state index in [1.54, 1.807) is 0 Å². The van der Waals surface area contributed by atoms with Gasteiger partial charge < -0.3 is 10.5 Å². The van der Waals surface area contributed by atoms with Crippen LogP contribution in [0.4, 0.5) is 0 Å². The third-order valence-electron chi connectivity index (χ3n) is 4.90. The number of hydrogen-bond acceptors (Lipinski definition) is 2. The standard InChI is InChI=1S/C16H31NO/c1-2-18-16-11-14(12-16)10-15(17)9-8-13-6-4-3-5-7-13/h13-16H,2-12,17H2,1H3. The van der Waals surface area contributed by atoms with Crippen LogP contribution in [-0.4, -0.2) is 18.8 Å². The Morgan fingerprint density at radius 1 is 1.11 bits per heavy atom. The monoisotopic (exact) mass is 253 g/mol. The van der Waals surface area contributed by atoms with Crippen LogP contribution in [0, 0.1) is 11.8 Å². The molecular formula is C16H31NO. The fraction of sp³-hybridized carbons (Fsp3) is 1.00. The van der Waals surface area contributed by atoms with Crippen molar-refractivity contribution >= 4 is 0 Å². The van der Waals surface area contributed by atoms with Gasteiger partial charge in [0.15, 0.2) is 0 Å². The molecule has 0 aromatic carbocycles. The Bertz CT molecular complexity index is 219. The fourth-order valence-electron chi connectivity index (χ4n) is 3.71. The van der Waals surface area contributed by atoms with Crippen LogP contribution in [0.15, 0.2) is 0 Å². The molecule has 0 spiro atoms. The molecule has 2 heteroatoms. The zero-order chi connectivity index (χ0) is 12.8. The summed E-state index contributed by atoms with van der Waals surface area (Å²) in [6.45, 7) is 2.95. The van der Waals surface area contributed by atoms with Crippen LogP contribution >= 0.6 is 0 Å². The van der Waals surface area contributed by atoms with E-state index in [4.69, 9.17) is 10.5 Å². The second-order valence-electron chi connectivity index (χ2n) is 6.49. The predicted molar refractivity (Wildman–Crippen MR) is 76.5 cm³/mol. The number of ether oxygens (including phenoxy) is 1. The smallest absolute Gasteiger partial charge is 0.0580 e. The van der Waals surface area contributed by atoms with E-state index in [0.29, 0.717) is 12.1 Å². The molecule has 2 aliphatic rings. The number of rotatable bonds is 7. The molecule has 2 N–H and O–H groups in total. The summed E-state index contributed by atoms with van der Waals surface area (Å²) < 4.78 is 5.60. The average Bonchev–Trinajstić information content (AvgIpc) is 2.35. The summed E-state index contributed by atoms with van der Waals surface area (Å²) in [7, 11) is 0. The SMILES string of the molecule is CCOC1CC(CC(N)CCC2CCCCC2)C1. The van der Waals surface area contributed by atoms with Crippen molar-refractivity contribution in [1.29, 1.82) is 0 Å². The van der Waals surface area contributed by atoms with Crippen LogP contribution in [0.25, 0.3) is 0 Å². The second-order valence-corrected chi connectivity index (χ2v) is 6.49. The molecule has 2 fully saturated rings. The molecule has 1 atom stereocenters. The first-order valence-corrected chi connectivity index (χ1v) is 8.15. The van der Waals surface area contributed by atoms with Crippen molar-refractivity contribution in [1.82, 2.24) is 0 Å². The Hall–Kier alpha value is -0.0800. The molecule has 0 bridgehead atoms. The molecule has 2 aliphatic carbocycles. The second kappa shape index (κ2) is 7.49. The van der Waals surface area contributed by atoms with Crippen molar-refractivity contribution in [3.8, 4) is 0 Å². The Morgan fingerprint density at radius 3 is 2.50 bits per heavy atom. The van der Waals surface area contributed by atoms with Gasteiger partial charge in [-0.25, -0.2) is 0 Å². The maximum atomic E-state index is 6.28. The largest absolute Gasteiger partial charge is 0.378 e. The molecule has 106 valence electrons. The van der Waals surface area contributed by atoms with E-state index in [-0.39, 0.29) is 0 Å². The molecule has 2 nitrogen and oxygen atoms in total. The third-order valence-corrected chi connectivity index (χ3v) is 4.90. The lowest BCUT2D eigenvalue weighted by Crippen LogP contribution is -2.36. The highest BCUT2D eigenvalue weighted by Crippen LogP contribution is 2.34. The molecule has 0 radical (unpaired) electrons. The Balaban J connectivity index is 1.51. The first kappa shape index (κ1) is 14.3. The van der Waals surface area contributed by atoms with Gasteiger partial charge in [0.05, 0.1) is 6.10 Å². The lowest BCUT2D eigenvalue weighted by Gasteiger charge is -2.36. The van der Waals surface area contributed by atoms with Crippen molar-refractivity contribution in [3.63, 3.8) is 0 Å². The van der Waals surface area contributed by atoms with Gasteiger partial charge in [-0.15, -0.1) is 0 Å². The van der Waals surface area contributed by atoms with E-state index in [1.807, 2.05) is 0 Å². The molecule has 0 aromatic rings. The highest BCUT2D eigenvalue weighted by atomic mass is 16.5. The maximum Gasteiger partial charge on any atom is 0.0580 e. The van der Waals surface area contributed by atoms with E-state index in [9.17, 15) is 0 Å². The molecule has 0 aromatic heterocycles. The lowest BCUT2D eigenvalue weighted by molar-refractivity contribution is -0.0284. The van der Waals surface area contributed by atoms with Crippen molar-refractivity contribution in [3.05, 3.63) is 0 Å². The van der Waals surface area contributed by atoms with Crippen molar-refractivity contribution < 1.29 is 4.74 Å². The van der Waals surface area contributed by atoms with Crippen molar-refractivity contribution in [2.45, 2.75) is 83.3 Å². The van der Waals surface area contributed by atoms with E-state index in [2.05, 4.69) is 6.92 Å². The summed E-state index contributed by atoms with van der Waals surface area (Å²) in [6.07, 6.45) is 14.2. The van der Waals surface area contributed by atoms with Crippen LogP contribution in [0.1, 0.15) is 71.1 Å². The molecule has 0 saturated heterocycles. The summed E-state index contributed by atoms with van der Waals surface area (Å²) in [5.41, 5.74) is 6.28. The first-order valence-electron chi connectivity index (χ1n) is 8.15. The van der Waals surface area contributed by atoms with E-state index >= 15 is 0 Å². The first-order chi connectivity index (χ1) is 8.78. The van der Waals surface area contributed by atoms with E-state index in [0.717, 1.165) is 18.4 Å². The minimum absolute atomic E-state index is 0.444. The zero-order valence-electron chi connectivity index (χ0n) is 12.1. The number of hydrogen-bond donors (Lipinski definition) is 1. The predicted octanol–water partition coefficient (Wildman–Crippen LogP) is 3.88. The summed E-state index contributed by atoms with van der Waals surface area (Å²) in [6, 6.07) is 0.444. The fourth-order valence-corrected chi connectivity index (χ4v) is 3.71. The third kappa shape index (κ3) is 4.55. The van der Waals surface area contributed by atoms with Gasteiger partial charge in [-0.3, -0.25) is 0 Å². The zero-order valence-corrected chi connectivity index (χ0v) is 12.1. The van der Waals surface area contributed by atoms with Crippen LogP contribution in [0.2, 0.25) is 0 Å². The van der Waals surface area contributed by atoms with E-state index < -0.39 is 0 Å². The molecule has 0 amide bonds. The number of nitrogens with two attached hydrogens (primary N) is 1. The Morgan fingerprint density at radius 2 is 1.83 bits per heavy atom. The molecular weight excluding hydrogens is 222 g/mol. The molecule has 18 heavy (non-hydrogen) atoms. The van der Waals surface area contributed by atoms with E-state index in [1.165, 1.54) is 64.2 Å². The molecule has 2 saturated carbocycles. The summed E-state index contributed by atoms with van der Waals surface area (Å²) in [5, 5.41) is 0. The Kier molecular flexibility index (Phi) is 5.97. The summed E-state index contributed by atoms with van der Waals surface area (Å²) in [5.74, 6) is 1.84. The highest BCUT2D eigenvalue weighted by Gasteiger charge is 2.30. The van der Waals surface area contributed by atoms with Gasteiger partial charge in [0.1, 0.15) is 0 Å². The maximum absolute atomic E-state index is 6.28. The van der Waals surface area contributed by atoms with Gasteiger partial charge >= 0.3 is 0 Å². The van der Waals surface area contributed by atoms with Gasteiger partial charge in [0, 0.05) is 12.6 Å². The van der Waals surface area contributed by atoms with Gasteiger partial charge in [0.2, 0.25) is 0 Å². The van der Waals surface area contributed by atoms with Gasteiger partial charge in [0.25, 0.3) is 0 Å². The van der Waals surface area contributed by atoms with Gasteiger partial charge in [-0.2, -0.15) is 0 Å². The average molecular weight is 253 g/mol. The summed E-state index contributed by atoms with van der Waals surface area (Å²) >= 11 is 0. The minimum atomic E-state index is 0.444. The van der Waals surface area contributed by atoms with Crippen LogP contribution in [0.3, 0.4) is 0 Å². The normalized spacial score (nSPS) is 31.0. The van der Waals surface area contributed by atoms with Gasteiger partial charge in [-0.05, 0) is 50.9 Å². The van der Waals surface area contributed by atoms with Crippen LogP contribution in [-0.2, 0) is 4.74 Å². The molecule has 0 heterocycles. The quantitative estimate of drug-likeness (QED) is 0.747. The van der Waals surface area contributed by atoms with Crippen LogP contribution in [0.5, 0.6) is 0 Å². The van der Waals surface area contributed by atoms with Crippen molar-refractivity contribution in [2.24, 2.45) is 17.6 Å². The molecule has 2 rings (SSSR count). The molecule has 0 aliphatic heterocycles.